The summed E-state index contributed by atoms with van der Waals surface area (Å²) in [6, 6.07) is 3.93. The highest BCUT2D eigenvalue weighted by molar-refractivity contribution is 5.81. The minimum Gasteiger partial charge on any atom is -0.349 e. The van der Waals surface area contributed by atoms with Crippen molar-refractivity contribution >= 4 is 11.8 Å². The lowest BCUT2D eigenvalue weighted by atomic mass is 9.83. The molecule has 1 aliphatic carbocycles. The molecule has 5 heteroatoms. The van der Waals surface area contributed by atoms with Crippen molar-refractivity contribution in [3.8, 4) is 0 Å². The average Bonchev–Trinajstić information content (AvgIpc) is 2.54. The Morgan fingerprint density at radius 2 is 1.88 bits per heavy atom. The number of carbonyl (C=O) groups excluding carboxylic acids is 2. The van der Waals surface area contributed by atoms with Crippen LogP contribution in [0.15, 0.2) is 18.3 Å². The van der Waals surface area contributed by atoms with Gasteiger partial charge in [0, 0.05) is 36.8 Å². The summed E-state index contributed by atoms with van der Waals surface area (Å²) in [7, 11) is 0. The Labute approximate surface area is 143 Å². The molecular formula is C19H27N3O2. The van der Waals surface area contributed by atoms with Crippen molar-refractivity contribution < 1.29 is 9.59 Å². The second kappa shape index (κ2) is 7.32. The largest absolute Gasteiger partial charge is 0.349 e. The van der Waals surface area contributed by atoms with E-state index in [0.717, 1.165) is 36.9 Å². The maximum Gasteiger partial charge on any atom is 0.225 e. The first-order valence-electron chi connectivity index (χ1n) is 9.06. The van der Waals surface area contributed by atoms with Crippen LogP contribution in [0.2, 0.25) is 0 Å². The Hall–Kier alpha value is -1.91. The number of hydrogen-bond donors (Lipinski definition) is 1. The molecule has 1 saturated carbocycles. The van der Waals surface area contributed by atoms with Crippen LogP contribution < -0.4 is 5.32 Å². The fourth-order valence-electron chi connectivity index (χ4n) is 3.43. The lowest BCUT2D eigenvalue weighted by molar-refractivity contribution is -0.141. The molecule has 2 heterocycles. The summed E-state index contributed by atoms with van der Waals surface area (Å²) in [5, 5.41) is 3.09. The molecule has 5 nitrogen and oxygen atoms in total. The number of nitrogens with one attached hydrogen (secondary N) is 1. The summed E-state index contributed by atoms with van der Waals surface area (Å²) in [5.74, 6) is 0.666. The second-order valence-electron chi connectivity index (χ2n) is 7.19. The van der Waals surface area contributed by atoms with Crippen LogP contribution in [-0.2, 0) is 9.59 Å². The summed E-state index contributed by atoms with van der Waals surface area (Å²) in [5.41, 5.74) is 1.99. The molecule has 0 unspecified atom stereocenters. The molecule has 3 rings (SSSR count). The monoisotopic (exact) mass is 329 g/mol. The molecular weight excluding hydrogens is 302 g/mol. The van der Waals surface area contributed by atoms with Crippen molar-refractivity contribution in [1.29, 1.82) is 0 Å². The Morgan fingerprint density at radius 1 is 1.17 bits per heavy atom. The molecule has 1 atom stereocenters. The number of amides is 2. The lowest BCUT2D eigenvalue weighted by Crippen LogP contribution is -2.46. The summed E-state index contributed by atoms with van der Waals surface area (Å²) in [6.45, 7) is 5.37. The summed E-state index contributed by atoms with van der Waals surface area (Å²) < 4.78 is 0. The average molecular weight is 329 g/mol. The third kappa shape index (κ3) is 3.77. The van der Waals surface area contributed by atoms with E-state index in [1.165, 1.54) is 6.42 Å². The normalized spacial score (nSPS) is 20.3. The maximum absolute atomic E-state index is 12.5. The predicted molar refractivity (Wildman–Crippen MR) is 92.2 cm³/mol. The number of nitrogens with zero attached hydrogens (tertiary/aromatic N) is 2. The minimum atomic E-state index is -0.0414. The molecule has 1 aromatic rings. The van der Waals surface area contributed by atoms with Crippen LogP contribution in [0.25, 0.3) is 0 Å². The van der Waals surface area contributed by atoms with E-state index in [4.69, 9.17) is 0 Å². The first kappa shape index (κ1) is 16.9. The maximum atomic E-state index is 12.5. The van der Waals surface area contributed by atoms with E-state index in [1.54, 1.807) is 0 Å². The molecule has 1 aromatic heterocycles. The Balaban J connectivity index is 1.48. The highest BCUT2D eigenvalue weighted by Gasteiger charge is 2.33. The SMILES string of the molecule is Cc1ccc([C@H](C)NC(=O)C2CCN(C(=O)C3CCC3)CC2)cn1. The van der Waals surface area contributed by atoms with Gasteiger partial charge >= 0.3 is 0 Å². The van der Waals surface area contributed by atoms with Crippen LogP contribution in [-0.4, -0.2) is 34.8 Å². The van der Waals surface area contributed by atoms with E-state index in [9.17, 15) is 9.59 Å². The number of aryl methyl sites for hydroxylation is 1. The molecule has 0 aromatic carbocycles. The minimum absolute atomic E-state index is 0.0105. The summed E-state index contributed by atoms with van der Waals surface area (Å²) in [4.78, 5) is 31.0. The topological polar surface area (TPSA) is 62.3 Å². The lowest BCUT2D eigenvalue weighted by Gasteiger charge is -2.36. The molecule has 2 aliphatic rings. The van der Waals surface area contributed by atoms with E-state index in [2.05, 4.69) is 10.3 Å². The molecule has 2 amide bonds. The van der Waals surface area contributed by atoms with Gasteiger partial charge in [0.15, 0.2) is 0 Å². The summed E-state index contributed by atoms with van der Waals surface area (Å²) in [6.07, 6.45) is 6.62. The third-order valence-corrected chi connectivity index (χ3v) is 5.42. The first-order valence-corrected chi connectivity index (χ1v) is 9.06. The van der Waals surface area contributed by atoms with Crippen molar-refractivity contribution in [3.63, 3.8) is 0 Å². The van der Waals surface area contributed by atoms with E-state index in [0.29, 0.717) is 19.0 Å². The number of aromatic nitrogens is 1. The standard InChI is InChI=1S/C19H27N3O2/c1-13-6-7-17(12-20-13)14(2)21-18(23)15-8-10-22(11-9-15)19(24)16-4-3-5-16/h6-7,12,14-16H,3-5,8-11H2,1-2H3,(H,21,23)/t14-/m0/s1. The highest BCUT2D eigenvalue weighted by Crippen LogP contribution is 2.30. The number of hydrogen-bond acceptors (Lipinski definition) is 3. The van der Waals surface area contributed by atoms with Gasteiger partial charge in [-0.2, -0.15) is 0 Å². The fourth-order valence-corrected chi connectivity index (χ4v) is 3.43. The number of likely N-dealkylation sites (tertiary alicyclic amines) is 1. The van der Waals surface area contributed by atoms with Gasteiger partial charge in [0.05, 0.1) is 6.04 Å². The molecule has 2 fully saturated rings. The fraction of sp³-hybridized carbons (Fsp3) is 0.632. The predicted octanol–water partition coefficient (Wildman–Crippen LogP) is 2.61. The number of pyridine rings is 1. The van der Waals surface area contributed by atoms with E-state index in [-0.39, 0.29) is 23.8 Å². The molecule has 1 N–H and O–H groups in total. The van der Waals surface area contributed by atoms with Crippen molar-refractivity contribution in [2.75, 3.05) is 13.1 Å². The van der Waals surface area contributed by atoms with Gasteiger partial charge in [-0.1, -0.05) is 12.5 Å². The molecule has 130 valence electrons. The second-order valence-corrected chi connectivity index (χ2v) is 7.19. The number of piperidine rings is 1. The van der Waals surface area contributed by atoms with Crippen LogP contribution in [0, 0.1) is 18.8 Å². The van der Waals surface area contributed by atoms with Crippen LogP contribution in [0.4, 0.5) is 0 Å². The zero-order valence-corrected chi connectivity index (χ0v) is 14.6. The van der Waals surface area contributed by atoms with Gasteiger partial charge in [-0.05, 0) is 51.2 Å². The quantitative estimate of drug-likeness (QED) is 0.923. The smallest absolute Gasteiger partial charge is 0.225 e. The van der Waals surface area contributed by atoms with Gasteiger partial charge in [-0.15, -0.1) is 0 Å². The van der Waals surface area contributed by atoms with Gasteiger partial charge in [-0.25, -0.2) is 0 Å². The Morgan fingerprint density at radius 3 is 2.42 bits per heavy atom. The molecule has 0 spiro atoms. The summed E-state index contributed by atoms with van der Waals surface area (Å²) >= 11 is 0. The van der Waals surface area contributed by atoms with Gasteiger partial charge in [0.1, 0.15) is 0 Å². The Bertz CT molecular complexity index is 587. The van der Waals surface area contributed by atoms with Crippen LogP contribution >= 0.6 is 0 Å². The van der Waals surface area contributed by atoms with Crippen molar-refractivity contribution in [3.05, 3.63) is 29.6 Å². The Kier molecular flexibility index (Phi) is 5.17. The van der Waals surface area contributed by atoms with E-state index in [1.807, 2.05) is 37.1 Å². The van der Waals surface area contributed by atoms with E-state index < -0.39 is 0 Å². The molecule has 1 saturated heterocycles. The molecule has 1 aliphatic heterocycles. The first-order chi connectivity index (χ1) is 11.5. The van der Waals surface area contributed by atoms with Crippen molar-refractivity contribution in [2.45, 2.75) is 52.0 Å². The zero-order valence-electron chi connectivity index (χ0n) is 14.6. The van der Waals surface area contributed by atoms with Gasteiger partial charge in [0.2, 0.25) is 11.8 Å². The van der Waals surface area contributed by atoms with Gasteiger partial charge < -0.3 is 10.2 Å². The van der Waals surface area contributed by atoms with Crippen molar-refractivity contribution in [1.82, 2.24) is 15.2 Å². The number of rotatable bonds is 4. The van der Waals surface area contributed by atoms with Gasteiger partial charge in [0.25, 0.3) is 0 Å². The van der Waals surface area contributed by atoms with Crippen molar-refractivity contribution in [2.24, 2.45) is 11.8 Å². The molecule has 24 heavy (non-hydrogen) atoms. The van der Waals surface area contributed by atoms with Crippen LogP contribution in [0.3, 0.4) is 0 Å². The third-order valence-electron chi connectivity index (χ3n) is 5.42. The van der Waals surface area contributed by atoms with Crippen LogP contribution in [0.1, 0.15) is 56.3 Å². The van der Waals surface area contributed by atoms with Gasteiger partial charge in [-0.3, -0.25) is 14.6 Å². The molecule has 0 radical (unpaired) electrons. The highest BCUT2D eigenvalue weighted by atomic mass is 16.2. The van der Waals surface area contributed by atoms with E-state index >= 15 is 0 Å². The zero-order chi connectivity index (χ0) is 17.1. The number of carbonyl (C=O) groups is 2. The molecule has 0 bridgehead atoms. The van der Waals surface area contributed by atoms with Crippen LogP contribution in [0.5, 0.6) is 0 Å².